The Morgan fingerprint density at radius 3 is 2.81 bits per heavy atom. The summed E-state index contributed by atoms with van der Waals surface area (Å²) in [6.45, 7) is 1.33. The van der Waals surface area contributed by atoms with Crippen molar-refractivity contribution in [3.8, 4) is 5.75 Å². The molecule has 1 heterocycles. The summed E-state index contributed by atoms with van der Waals surface area (Å²) in [5, 5.41) is 1.06. The maximum Gasteiger partial charge on any atom is 0.142 e. The fraction of sp³-hybridized carbons (Fsp3) is 0.455. The number of alkyl halides is 1. The lowest BCUT2D eigenvalue weighted by molar-refractivity contribution is 0.141. The number of hydrogen-bond acceptors (Lipinski definition) is 2. The highest BCUT2D eigenvalue weighted by molar-refractivity contribution is 6.36. The van der Waals surface area contributed by atoms with Gasteiger partial charge in [0.15, 0.2) is 0 Å². The molecule has 0 amide bonds. The number of benzene rings is 1. The van der Waals surface area contributed by atoms with Crippen molar-refractivity contribution in [1.29, 1.82) is 0 Å². The Balaban J connectivity index is 2.23. The smallest absolute Gasteiger partial charge is 0.142 e. The SMILES string of the molecule is ClCc1cc(Cl)cc(Cl)c1OC1CCOC1. The van der Waals surface area contributed by atoms with E-state index in [1.165, 1.54) is 0 Å². The fourth-order valence-electron chi connectivity index (χ4n) is 1.62. The average Bonchev–Trinajstić information content (AvgIpc) is 2.74. The van der Waals surface area contributed by atoms with Crippen LogP contribution in [0.1, 0.15) is 12.0 Å². The number of ether oxygens (including phenoxy) is 2. The second-order valence-electron chi connectivity index (χ2n) is 3.61. The second-order valence-corrected chi connectivity index (χ2v) is 4.72. The Kier molecular flexibility index (Phi) is 4.20. The van der Waals surface area contributed by atoms with Crippen molar-refractivity contribution in [3.05, 3.63) is 27.7 Å². The summed E-state index contributed by atoms with van der Waals surface area (Å²) < 4.78 is 11.0. The normalized spacial score (nSPS) is 20.1. The van der Waals surface area contributed by atoms with Crippen LogP contribution < -0.4 is 4.74 Å². The van der Waals surface area contributed by atoms with Crippen LogP contribution in [0.5, 0.6) is 5.75 Å². The van der Waals surface area contributed by atoms with E-state index in [0.717, 1.165) is 18.6 Å². The Bertz CT molecular complexity index is 376. The molecular formula is C11H11Cl3O2. The molecule has 2 rings (SSSR count). The van der Waals surface area contributed by atoms with Crippen LogP contribution in [0.4, 0.5) is 0 Å². The summed E-state index contributed by atoms with van der Waals surface area (Å²) in [7, 11) is 0. The van der Waals surface area contributed by atoms with Crippen LogP contribution in [-0.4, -0.2) is 19.3 Å². The predicted octanol–water partition coefficient (Wildman–Crippen LogP) is 3.90. The molecule has 0 saturated carbocycles. The number of hydrogen-bond donors (Lipinski definition) is 0. The van der Waals surface area contributed by atoms with Gasteiger partial charge >= 0.3 is 0 Å². The molecule has 1 saturated heterocycles. The van der Waals surface area contributed by atoms with Gasteiger partial charge in [-0.05, 0) is 12.1 Å². The van der Waals surface area contributed by atoms with Gasteiger partial charge in [-0.2, -0.15) is 0 Å². The number of halogens is 3. The van der Waals surface area contributed by atoms with Crippen molar-refractivity contribution < 1.29 is 9.47 Å². The van der Waals surface area contributed by atoms with Gasteiger partial charge in [0.05, 0.1) is 24.1 Å². The predicted molar refractivity (Wildman–Crippen MR) is 65.9 cm³/mol. The van der Waals surface area contributed by atoms with Gasteiger partial charge in [-0.3, -0.25) is 0 Å². The summed E-state index contributed by atoms with van der Waals surface area (Å²) in [6, 6.07) is 3.43. The molecule has 1 unspecified atom stereocenters. The molecule has 1 aliphatic heterocycles. The molecule has 2 nitrogen and oxygen atoms in total. The average molecular weight is 282 g/mol. The van der Waals surface area contributed by atoms with Gasteiger partial charge in [0.1, 0.15) is 11.9 Å². The molecule has 1 aromatic carbocycles. The van der Waals surface area contributed by atoms with Crippen molar-refractivity contribution in [2.45, 2.75) is 18.4 Å². The van der Waals surface area contributed by atoms with Crippen molar-refractivity contribution >= 4 is 34.8 Å². The third-order valence-electron chi connectivity index (χ3n) is 2.40. The lowest BCUT2D eigenvalue weighted by Crippen LogP contribution is -2.16. The molecule has 0 radical (unpaired) electrons. The van der Waals surface area contributed by atoms with Crippen LogP contribution in [0.3, 0.4) is 0 Å². The first-order chi connectivity index (χ1) is 7.70. The Morgan fingerprint density at radius 1 is 1.38 bits per heavy atom. The van der Waals surface area contributed by atoms with Crippen molar-refractivity contribution in [3.63, 3.8) is 0 Å². The molecule has 16 heavy (non-hydrogen) atoms. The minimum atomic E-state index is 0.0562. The Labute approximate surface area is 109 Å². The first kappa shape index (κ1) is 12.3. The fourth-order valence-corrected chi connectivity index (χ4v) is 2.40. The standard InChI is InChI=1S/C11H11Cl3O2/c12-5-7-3-8(13)4-10(14)11(7)16-9-1-2-15-6-9/h3-4,9H,1-2,5-6H2. The van der Waals surface area contributed by atoms with Gasteiger partial charge < -0.3 is 9.47 Å². The molecule has 1 atom stereocenters. The zero-order chi connectivity index (χ0) is 11.5. The van der Waals surface area contributed by atoms with E-state index in [1.807, 2.05) is 0 Å². The third kappa shape index (κ3) is 2.75. The third-order valence-corrected chi connectivity index (χ3v) is 3.19. The maximum absolute atomic E-state index is 6.08. The van der Waals surface area contributed by atoms with E-state index in [-0.39, 0.29) is 6.10 Å². The molecular weight excluding hydrogens is 270 g/mol. The topological polar surface area (TPSA) is 18.5 Å². The summed E-state index contributed by atoms with van der Waals surface area (Å²) in [4.78, 5) is 0. The number of rotatable bonds is 3. The largest absolute Gasteiger partial charge is 0.486 e. The first-order valence-electron chi connectivity index (χ1n) is 4.99. The highest BCUT2D eigenvalue weighted by Gasteiger charge is 2.20. The van der Waals surface area contributed by atoms with Crippen LogP contribution in [-0.2, 0) is 10.6 Å². The second kappa shape index (κ2) is 5.46. The molecule has 0 N–H and O–H groups in total. The summed E-state index contributed by atoms with van der Waals surface area (Å²) in [5.41, 5.74) is 0.811. The summed E-state index contributed by atoms with van der Waals surface area (Å²) in [6.07, 6.45) is 0.932. The van der Waals surface area contributed by atoms with Gasteiger partial charge in [0.25, 0.3) is 0 Å². The van der Waals surface area contributed by atoms with Gasteiger partial charge in [-0.15, -0.1) is 11.6 Å². The zero-order valence-electron chi connectivity index (χ0n) is 8.51. The van der Waals surface area contributed by atoms with E-state index in [2.05, 4.69) is 0 Å². The van der Waals surface area contributed by atoms with Crippen LogP contribution in [0.25, 0.3) is 0 Å². The van der Waals surface area contributed by atoms with E-state index in [9.17, 15) is 0 Å². The Hall–Kier alpha value is -0.150. The van der Waals surface area contributed by atoms with E-state index in [1.54, 1.807) is 12.1 Å². The van der Waals surface area contributed by atoms with Gasteiger partial charge in [-0.1, -0.05) is 23.2 Å². The minimum Gasteiger partial charge on any atom is -0.486 e. The molecule has 1 aliphatic rings. The van der Waals surface area contributed by atoms with E-state index >= 15 is 0 Å². The maximum atomic E-state index is 6.08. The molecule has 0 spiro atoms. The van der Waals surface area contributed by atoms with Crippen molar-refractivity contribution in [2.75, 3.05) is 13.2 Å². The van der Waals surface area contributed by atoms with E-state index in [0.29, 0.717) is 28.3 Å². The highest BCUT2D eigenvalue weighted by atomic mass is 35.5. The van der Waals surface area contributed by atoms with Crippen LogP contribution >= 0.6 is 34.8 Å². The van der Waals surface area contributed by atoms with Gasteiger partial charge in [0.2, 0.25) is 0 Å². The van der Waals surface area contributed by atoms with E-state index in [4.69, 9.17) is 44.3 Å². The molecule has 1 aromatic rings. The summed E-state index contributed by atoms with van der Waals surface area (Å²) in [5.74, 6) is 0.944. The molecule has 0 aromatic heterocycles. The first-order valence-corrected chi connectivity index (χ1v) is 6.28. The van der Waals surface area contributed by atoms with Crippen LogP contribution in [0.15, 0.2) is 12.1 Å². The molecule has 0 bridgehead atoms. The van der Waals surface area contributed by atoms with Crippen molar-refractivity contribution in [1.82, 2.24) is 0 Å². The molecule has 0 aliphatic carbocycles. The van der Waals surface area contributed by atoms with Crippen LogP contribution in [0.2, 0.25) is 10.0 Å². The molecule has 1 fully saturated rings. The quantitative estimate of drug-likeness (QED) is 0.782. The van der Waals surface area contributed by atoms with Crippen molar-refractivity contribution in [2.24, 2.45) is 0 Å². The van der Waals surface area contributed by atoms with Crippen LogP contribution in [0, 0.1) is 0 Å². The lowest BCUT2D eigenvalue weighted by Gasteiger charge is -2.16. The highest BCUT2D eigenvalue weighted by Crippen LogP contribution is 2.34. The monoisotopic (exact) mass is 280 g/mol. The minimum absolute atomic E-state index is 0.0562. The Morgan fingerprint density at radius 2 is 2.19 bits per heavy atom. The zero-order valence-corrected chi connectivity index (χ0v) is 10.8. The lowest BCUT2D eigenvalue weighted by atomic mass is 10.2. The van der Waals surface area contributed by atoms with E-state index < -0.39 is 0 Å². The van der Waals surface area contributed by atoms with Gasteiger partial charge in [0, 0.05) is 17.0 Å². The van der Waals surface area contributed by atoms with Gasteiger partial charge in [-0.25, -0.2) is 0 Å². The molecule has 88 valence electrons. The molecule has 5 heteroatoms. The summed E-state index contributed by atoms with van der Waals surface area (Å²) >= 11 is 17.8.